The third-order valence-corrected chi connectivity index (χ3v) is 5.25. The van der Waals surface area contributed by atoms with Gasteiger partial charge < -0.3 is 33.5 Å². The molecule has 33 heavy (non-hydrogen) atoms. The van der Waals surface area contributed by atoms with Gasteiger partial charge in [0.1, 0.15) is 6.61 Å². The third-order valence-electron chi connectivity index (χ3n) is 5.25. The molecule has 0 aromatic heterocycles. The van der Waals surface area contributed by atoms with Crippen LogP contribution in [0.2, 0.25) is 0 Å². The zero-order valence-corrected chi connectivity index (χ0v) is 18.9. The number of ether oxygens (including phenoxy) is 6. The number of methoxy groups -OCH3 is 3. The number of esters is 1. The molecule has 0 saturated heterocycles. The molecule has 0 bridgehead atoms. The van der Waals surface area contributed by atoms with Gasteiger partial charge in [0.15, 0.2) is 28.8 Å². The first-order chi connectivity index (χ1) is 15.8. The van der Waals surface area contributed by atoms with Crippen molar-refractivity contribution >= 4 is 11.8 Å². The monoisotopic (exact) mass is 458 g/mol. The van der Waals surface area contributed by atoms with Gasteiger partial charge >= 0.3 is 5.97 Å². The molecule has 0 spiro atoms. The topological polar surface area (TPSA) is 110 Å². The minimum absolute atomic E-state index is 0.0522. The fourth-order valence-corrected chi connectivity index (χ4v) is 3.49. The number of carbonyl (C=O) groups is 2. The molecule has 2 atom stereocenters. The van der Waals surface area contributed by atoms with Crippen LogP contribution in [-0.4, -0.2) is 51.6 Å². The summed E-state index contributed by atoms with van der Waals surface area (Å²) in [5, 5.41) is 11.2. The first-order valence-corrected chi connectivity index (χ1v) is 10.0. The Balaban J connectivity index is 1.95. The summed E-state index contributed by atoms with van der Waals surface area (Å²) in [6.07, 6.45) is -1.27. The van der Waals surface area contributed by atoms with Gasteiger partial charge in [0.2, 0.25) is 12.5 Å². The average Bonchev–Trinajstić information content (AvgIpc) is 3.30. The van der Waals surface area contributed by atoms with Crippen LogP contribution >= 0.6 is 0 Å². The summed E-state index contributed by atoms with van der Waals surface area (Å²) in [6.45, 7) is 4.96. The molecule has 1 aliphatic heterocycles. The molecule has 2 aromatic carbocycles. The number of fused-ring (bicyclic) bond motifs is 1. The maximum Gasteiger partial charge on any atom is 0.302 e. The van der Waals surface area contributed by atoms with E-state index in [4.69, 9.17) is 28.4 Å². The van der Waals surface area contributed by atoms with Gasteiger partial charge in [0, 0.05) is 18.1 Å². The Morgan fingerprint density at radius 3 is 2.24 bits per heavy atom. The number of carbonyl (C=O) groups excluding carboxylic acids is 2. The van der Waals surface area contributed by atoms with E-state index in [2.05, 4.69) is 6.58 Å². The number of benzene rings is 2. The molecule has 3 rings (SSSR count). The van der Waals surface area contributed by atoms with Crippen molar-refractivity contribution in [3.63, 3.8) is 0 Å². The van der Waals surface area contributed by atoms with Gasteiger partial charge in [-0.15, -0.1) is 0 Å². The van der Waals surface area contributed by atoms with Crippen LogP contribution in [0, 0.1) is 5.92 Å². The molecule has 2 aromatic rings. The summed E-state index contributed by atoms with van der Waals surface area (Å²) >= 11 is 0. The van der Waals surface area contributed by atoms with Gasteiger partial charge in [-0.05, 0) is 35.9 Å². The summed E-state index contributed by atoms with van der Waals surface area (Å²) in [5.41, 5.74) is 0.715. The summed E-state index contributed by atoms with van der Waals surface area (Å²) in [7, 11) is 4.36. The minimum atomic E-state index is -1.27. The molecular weight excluding hydrogens is 432 g/mol. The van der Waals surface area contributed by atoms with Crippen LogP contribution in [-0.2, 0) is 9.53 Å². The van der Waals surface area contributed by atoms with E-state index in [9.17, 15) is 14.7 Å². The molecule has 0 radical (unpaired) electrons. The number of hydrogen-bond donors (Lipinski definition) is 1. The Morgan fingerprint density at radius 1 is 1.03 bits per heavy atom. The quantitative estimate of drug-likeness (QED) is 0.326. The number of aliphatic hydroxyl groups is 1. The molecule has 0 saturated carbocycles. The fraction of sp³-hybridized carbons (Fsp3) is 0.333. The van der Waals surface area contributed by atoms with Crippen molar-refractivity contribution in [1.82, 2.24) is 0 Å². The summed E-state index contributed by atoms with van der Waals surface area (Å²) in [6, 6.07) is 7.87. The zero-order valence-electron chi connectivity index (χ0n) is 18.9. The van der Waals surface area contributed by atoms with E-state index in [0.29, 0.717) is 39.9 Å². The predicted molar refractivity (Wildman–Crippen MR) is 117 cm³/mol. The van der Waals surface area contributed by atoms with Crippen molar-refractivity contribution < 1.29 is 43.1 Å². The molecular formula is C24H26O9. The van der Waals surface area contributed by atoms with Crippen LogP contribution in [0.4, 0.5) is 0 Å². The van der Waals surface area contributed by atoms with Crippen LogP contribution in [0.5, 0.6) is 28.7 Å². The Bertz CT molecular complexity index is 1030. The second-order valence-corrected chi connectivity index (χ2v) is 7.23. The summed E-state index contributed by atoms with van der Waals surface area (Å²) in [5.74, 6) is 0.0332. The average molecular weight is 458 g/mol. The Hall–Kier alpha value is -3.72. The molecule has 176 valence electrons. The molecule has 1 N–H and O–H groups in total. The van der Waals surface area contributed by atoms with Crippen molar-refractivity contribution in [2.24, 2.45) is 5.92 Å². The highest BCUT2D eigenvalue weighted by Crippen LogP contribution is 2.42. The van der Waals surface area contributed by atoms with Crippen molar-refractivity contribution in [3.8, 4) is 28.7 Å². The molecule has 0 unspecified atom stereocenters. The molecule has 1 aliphatic rings. The van der Waals surface area contributed by atoms with Crippen LogP contribution < -0.4 is 23.7 Å². The highest BCUT2D eigenvalue weighted by molar-refractivity contribution is 6.09. The zero-order chi connectivity index (χ0) is 24.1. The maximum absolute atomic E-state index is 13.2. The Labute approximate surface area is 191 Å². The molecule has 9 heteroatoms. The SMILES string of the molecule is C=C(C(=O)c1ccc2c(c1)OCO2)[C@@H](COC(C)=O)[C@H](O)c1cc(OC)c(OC)c(OC)c1. The van der Waals surface area contributed by atoms with Crippen LogP contribution in [0.3, 0.4) is 0 Å². The third kappa shape index (κ3) is 5.04. The molecule has 9 nitrogen and oxygen atoms in total. The molecule has 0 amide bonds. The van der Waals surface area contributed by atoms with Crippen LogP contribution in [0.15, 0.2) is 42.5 Å². The van der Waals surface area contributed by atoms with Crippen molar-refractivity contribution in [2.75, 3.05) is 34.7 Å². The lowest BCUT2D eigenvalue weighted by atomic mass is 9.86. The van der Waals surface area contributed by atoms with Gasteiger partial charge in [-0.2, -0.15) is 0 Å². The largest absolute Gasteiger partial charge is 0.493 e. The lowest BCUT2D eigenvalue weighted by Crippen LogP contribution is -2.25. The number of Topliss-reactive ketones (excluding diaryl/α,β-unsaturated/α-hetero) is 1. The smallest absolute Gasteiger partial charge is 0.302 e. The number of rotatable bonds is 10. The first-order valence-electron chi connectivity index (χ1n) is 10.0. The van der Waals surface area contributed by atoms with E-state index < -0.39 is 23.8 Å². The molecule has 0 aliphatic carbocycles. The second kappa shape index (κ2) is 10.3. The van der Waals surface area contributed by atoms with Gasteiger partial charge in [-0.3, -0.25) is 9.59 Å². The summed E-state index contributed by atoms with van der Waals surface area (Å²) < 4.78 is 31.8. The van der Waals surface area contributed by atoms with Gasteiger partial charge in [0.05, 0.1) is 33.4 Å². The molecule has 1 heterocycles. The molecule has 0 fully saturated rings. The first kappa shape index (κ1) is 23.9. The van der Waals surface area contributed by atoms with E-state index in [-0.39, 0.29) is 19.0 Å². The second-order valence-electron chi connectivity index (χ2n) is 7.23. The van der Waals surface area contributed by atoms with Crippen LogP contribution in [0.1, 0.15) is 28.9 Å². The highest BCUT2D eigenvalue weighted by Gasteiger charge is 2.31. The number of ketones is 1. The fourth-order valence-electron chi connectivity index (χ4n) is 3.49. The normalized spacial score (nSPS) is 13.6. The van der Waals surface area contributed by atoms with Gasteiger partial charge in [-0.1, -0.05) is 6.58 Å². The number of aliphatic hydroxyl groups excluding tert-OH is 1. The van der Waals surface area contributed by atoms with E-state index in [0.717, 1.165) is 0 Å². The highest BCUT2D eigenvalue weighted by atomic mass is 16.7. The van der Waals surface area contributed by atoms with Crippen molar-refractivity contribution in [3.05, 3.63) is 53.6 Å². The van der Waals surface area contributed by atoms with Crippen LogP contribution in [0.25, 0.3) is 0 Å². The lowest BCUT2D eigenvalue weighted by molar-refractivity contribution is -0.142. The minimum Gasteiger partial charge on any atom is -0.493 e. The number of hydrogen-bond acceptors (Lipinski definition) is 9. The van der Waals surface area contributed by atoms with E-state index >= 15 is 0 Å². The van der Waals surface area contributed by atoms with E-state index in [1.807, 2.05) is 0 Å². The standard InChI is InChI=1S/C24H26O9/c1-13(22(26)15-6-7-18-19(8-15)33-12-32-18)17(11-31-14(2)25)23(27)16-9-20(28-3)24(30-5)21(10-16)29-4/h6-10,17,23,27H,1,11-12H2,2-5H3/t17-,23-/m1/s1. The van der Waals surface area contributed by atoms with Gasteiger partial charge in [0.25, 0.3) is 0 Å². The Kier molecular flexibility index (Phi) is 7.44. The Morgan fingerprint density at radius 2 is 1.67 bits per heavy atom. The maximum atomic E-state index is 13.2. The van der Waals surface area contributed by atoms with E-state index in [1.54, 1.807) is 30.3 Å². The van der Waals surface area contributed by atoms with Crippen molar-refractivity contribution in [1.29, 1.82) is 0 Å². The van der Waals surface area contributed by atoms with Gasteiger partial charge in [-0.25, -0.2) is 0 Å². The lowest BCUT2D eigenvalue weighted by Gasteiger charge is -2.25. The van der Waals surface area contributed by atoms with E-state index in [1.165, 1.54) is 28.3 Å². The van der Waals surface area contributed by atoms with Crippen molar-refractivity contribution in [2.45, 2.75) is 13.0 Å². The summed E-state index contributed by atoms with van der Waals surface area (Å²) in [4.78, 5) is 24.7. The predicted octanol–water partition coefficient (Wildman–Crippen LogP) is 3.09.